The van der Waals surface area contributed by atoms with E-state index < -0.39 is 0 Å². The van der Waals surface area contributed by atoms with Gasteiger partial charge in [0.25, 0.3) is 0 Å². The molecule has 0 aliphatic carbocycles. The van der Waals surface area contributed by atoms with Crippen LogP contribution in [-0.2, 0) is 6.42 Å². The van der Waals surface area contributed by atoms with E-state index in [9.17, 15) is 5.11 Å². The van der Waals surface area contributed by atoms with Gasteiger partial charge in [-0.2, -0.15) is 0 Å². The van der Waals surface area contributed by atoms with Crippen molar-refractivity contribution in [1.29, 1.82) is 0 Å². The molecule has 0 bridgehead atoms. The number of nitrogens with zero attached hydrogens (tertiary/aromatic N) is 3. The fourth-order valence-electron chi connectivity index (χ4n) is 4.57. The number of aromatic hydroxyl groups is 1. The van der Waals surface area contributed by atoms with Gasteiger partial charge in [-0.25, -0.2) is 0 Å². The Labute approximate surface area is 195 Å². The zero-order chi connectivity index (χ0) is 22.6. The Kier molecular flexibility index (Phi) is 10.2. The summed E-state index contributed by atoms with van der Waals surface area (Å²) in [4.78, 5) is 9.63. The van der Waals surface area contributed by atoms with Crippen LogP contribution >= 0.6 is 0 Å². The average Bonchev–Trinajstić information content (AvgIpc) is 2.80. The smallest absolute Gasteiger partial charge is 0.124 e. The highest BCUT2D eigenvalue weighted by atomic mass is 16.3. The Morgan fingerprint density at radius 2 is 1.69 bits per heavy atom. The summed E-state index contributed by atoms with van der Waals surface area (Å²) in [7, 11) is 4.14. The lowest BCUT2D eigenvalue weighted by Crippen LogP contribution is -2.35. The minimum Gasteiger partial charge on any atom is -0.507 e. The van der Waals surface area contributed by atoms with E-state index in [1.165, 1.54) is 57.3 Å². The van der Waals surface area contributed by atoms with Gasteiger partial charge >= 0.3 is 0 Å². The van der Waals surface area contributed by atoms with Crippen molar-refractivity contribution in [3.8, 4) is 5.75 Å². The van der Waals surface area contributed by atoms with Gasteiger partial charge in [0.15, 0.2) is 0 Å². The zero-order valence-corrected chi connectivity index (χ0v) is 20.0. The van der Waals surface area contributed by atoms with Gasteiger partial charge in [-0.3, -0.25) is 4.99 Å². The first-order valence-corrected chi connectivity index (χ1v) is 12.3. The van der Waals surface area contributed by atoms with E-state index in [-0.39, 0.29) is 0 Å². The number of rotatable bonds is 12. The molecule has 0 unspecified atom stereocenters. The number of likely N-dealkylation sites (N-methyl/N-ethyl adjacent to an activating group) is 1. The van der Waals surface area contributed by atoms with E-state index in [2.05, 4.69) is 54.2 Å². The number of phenols is 1. The number of benzene rings is 2. The van der Waals surface area contributed by atoms with E-state index in [1.54, 1.807) is 6.07 Å². The molecule has 2 aromatic rings. The van der Waals surface area contributed by atoms with E-state index in [4.69, 9.17) is 4.99 Å². The zero-order valence-electron chi connectivity index (χ0n) is 20.0. The maximum Gasteiger partial charge on any atom is 0.124 e. The first-order chi connectivity index (χ1) is 15.6. The van der Waals surface area contributed by atoms with Gasteiger partial charge < -0.3 is 14.9 Å². The van der Waals surface area contributed by atoms with Crippen LogP contribution in [0.5, 0.6) is 5.75 Å². The van der Waals surface area contributed by atoms with Gasteiger partial charge in [-0.15, -0.1) is 0 Å². The summed E-state index contributed by atoms with van der Waals surface area (Å²) in [5, 5.41) is 10.3. The Bertz CT molecular complexity index is 810. The highest BCUT2D eigenvalue weighted by molar-refractivity contribution is 6.02. The van der Waals surface area contributed by atoms with Gasteiger partial charge in [-0.05, 0) is 95.9 Å². The van der Waals surface area contributed by atoms with Crippen molar-refractivity contribution in [2.24, 2.45) is 10.9 Å². The van der Waals surface area contributed by atoms with Gasteiger partial charge in [0.1, 0.15) is 5.75 Å². The van der Waals surface area contributed by atoms with Gasteiger partial charge in [0, 0.05) is 17.8 Å². The summed E-state index contributed by atoms with van der Waals surface area (Å²) >= 11 is 0. The monoisotopic (exact) mass is 435 g/mol. The second-order valence-corrected chi connectivity index (χ2v) is 9.43. The summed E-state index contributed by atoms with van der Waals surface area (Å²) < 4.78 is 0. The van der Waals surface area contributed by atoms with Crippen LogP contribution in [0, 0.1) is 5.92 Å². The van der Waals surface area contributed by atoms with Crippen LogP contribution in [-0.4, -0.2) is 67.4 Å². The summed E-state index contributed by atoms with van der Waals surface area (Å²) in [6.07, 6.45) is 8.40. The molecule has 1 heterocycles. The van der Waals surface area contributed by atoms with Crippen molar-refractivity contribution in [2.45, 2.75) is 44.9 Å². The van der Waals surface area contributed by atoms with Crippen LogP contribution in [0.15, 0.2) is 59.6 Å². The van der Waals surface area contributed by atoms with Gasteiger partial charge in [0.05, 0.1) is 6.54 Å². The van der Waals surface area contributed by atoms with Crippen LogP contribution < -0.4 is 0 Å². The fourth-order valence-corrected chi connectivity index (χ4v) is 4.57. The lowest BCUT2D eigenvalue weighted by molar-refractivity contribution is 0.181. The second-order valence-electron chi connectivity index (χ2n) is 9.43. The third-order valence-electron chi connectivity index (χ3n) is 6.53. The number of piperidine rings is 1. The standard InChI is InChI=1S/C28H41N3O/c1-30(2)22-18-29-27(26-13-8-9-15-28(26)32)14-7-4-10-19-31-20-16-25(17-21-31)23-24-11-5-3-6-12-24/h3,5-6,8-9,11-13,15,25,32H,4,7,10,14,16-23H2,1-2H3. The topological polar surface area (TPSA) is 39.1 Å². The minimum absolute atomic E-state index is 0.342. The number of phenolic OH excluding ortho intramolecular Hbond substituents is 1. The summed E-state index contributed by atoms with van der Waals surface area (Å²) in [5.41, 5.74) is 3.43. The molecule has 1 saturated heterocycles. The SMILES string of the molecule is CN(C)CCN=C(CCCCCN1CCC(Cc2ccccc2)CC1)c1ccccc1O. The molecule has 1 aliphatic rings. The predicted octanol–water partition coefficient (Wildman–Crippen LogP) is 5.26. The second kappa shape index (κ2) is 13.4. The van der Waals surface area contributed by atoms with E-state index in [1.807, 2.05) is 18.2 Å². The van der Waals surface area contributed by atoms with Crippen molar-refractivity contribution in [3.05, 3.63) is 65.7 Å². The molecule has 4 heteroatoms. The molecule has 4 nitrogen and oxygen atoms in total. The molecule has 174 valence electrons. The summed E-state index contributed by atoms with van der Waals surface area (Å²) in [6, 6.07) is 18.6. The molecule has 0 radical (unpaired) electrons. The fraction of sp³-hybridized carbons (Fsp3) is 0.536. The van der Waals surface area contributed by atoms with Crippen LogP contribution in [0.2, 0.25) is 0 Å². The van der Waals surface area contributed by atoms with Crippen LogP contribution in [0.1, 0.15) is 49.7 Å². The molecule has 1 N–H and O–H groups in total. The number of hydrogen-bond donors (Lipinski definition) is 1. The Morgan fingerprint density at radius 1 is 0.969 bits per heavy atom. The third-order valence-corrected chi connectivity index (χ3v) is 6.53. The van der Waals surface area contributed by atoms with Crippen molar-refractivity contribution in [1.82, 2.24) is 9.80 Å². The molecule has 1 aliphatic heterocycles. The molecule has 2 aromatic carbocycles. The molecular weight excluding hydrogens is 394 g/mol. The lowest BCUT2D eigenvalue weighted by Gasteiger charge is -2.32. The molecule has 0 aromatic heterocycles. The van der Waals surface area contributed by atoms with E-state index in [0.29, 0.717) is 5.75 Å². The number of para-hydroxylation sites is 1. The van der Waals surface area contributed by atoms with Crippen LogP contribution in [0.4, 0.5) is 0 Å². The van der Waals surface area contributed by atoms with Gasteiger partial charge in [-0.1, -0.05) is 48.9 Å². The first-order valence-electron chi connectivity index (χ1n) is 12.3. The largest absolute Gasteiger partial charge is 0.507 e. The normalized spacial score (nSPS) is 16.0. The van der Waals surface area contributed by atoms with E-state index >= 15 is 0 Å². The first kappa shape index (κ1) is 24.5. The molecule has 0 saturated carbocycles. The third kappa shape index (κ3) is 8.40. The van der Waals surface area contributed by atoms with Crippen molar-refractivity contribution < 1.29 is 5.11 Å². The molecule has 32 heavy (non-hydrogen) atoms. The maximum atomic E-state index is 10.3. The maximum absolute atomic E-state index is 10.3. The highest BCUT2D eigenvalue weighted by Gasteiger charge is 2.19. The Hall–Kier alpha value is -2.17. The lowest BCUT2D eigenvalue weighted by atomic mass is 9.90. The van der Waals surface area contributed by atoms with Gasteiger partial charge in [0.2, 0.25) is 0 Å². The molecular formula is C28H41N3O. The van der Waals surface area contributed by atoms with Crippen molar-refractivity contribution in [2.75, 3.05) is 46.8 Å². The molecule has 1 fully saturated rings. The number of unbranched alkanes of at least 4 members (excludes halogenated alkanes) is 2. The minimum atomic E-state index is 0.342. The summed E-state index contributed by atoms with van der Waals surface area (Å²) in [5.74, 6) is 1.18. The Morgan fingerprint density at radius 3 is 2.41 bits per heavy atom. The predicted molar refractivity (Wildman–Crippen MR) is 136 cm³/mol. The molecule has 0 spiro atoms. The number of likely N-dealkylation sites (tertiary alicyclic amines) is 1. The average molecular weight is 436 g/mol. The molecule has 0 atom stereocenters. The van der Waals surface area contributed by atoms with Crippen LogP contribution in [0.3, 0.4) is 0 Å². The van der Waals surface area contributed by atoms with Crippen LogP contribution in [0.25, 0.3) is 0 Å². The molecule has 3 rings (SSSR count). The summed E-state index contributed by atoms with van der Waals surface area (Å²) in [6.45, 7) is 5.40. The van der Waals surface area contributed by atoms with E-state index in [0.717, 1.165) is 43.1 Å². The highest BCUT2D eigenvalue weighted by Crippen LogP contribution is 2.23. The van der Waals surface area contributed by atoms with Crippen molar-refractivity contribution >= 4 is 5.71 Å². The number of hydrogen-bond acceptors (Lipinski definition) is 4. The quantitative estimate of drug-likeness (QED) is 0.365. The Balaban J connectivity index is 1.36. The number of aliphatic imine (C=N–C) groups is 1. The van der Waals surface area contributed by atoms with Crippen molar-refractivity contribution in [3.63, 3.8) is 0 Å². The molecule has 0 amide bonds.